The van der Waals surface area contributed by atoms with Crippen LogP contribution < -0.4 is 4.72 Å². The Morgan fingerprint density at radius 2 is 1.61 bits per heavy atom. The molecule has 0 bridgehead atoms. The van der Waals surface area contributed by atoms with Crippen molar-refractivity contribution in [2.24, 2.45) is 0 Å². The first-order valence-electron chi connectivity index (χ1n) is 11.2. The van der Waals surface area contributed by atoms with Crippen LogP contribution in [0, 0.1) is 33.5 Å². The number of halogens is 2. The minimum absolute atomic E-state index is 0.0643. The van der Waals surface area contributed by atoms with Crippen molar-refractivity contribution in [1.82, 2.24) is 19.5 Å². The van der Waals surface area contributed by atoms with E-state index in [0.717, 1.165) is 22.4 Å². The third-order valence-corrected chi connectivity index (χ3v) is 8.63. The number of sulfonamides is 1. The Labute approximate surface area is 220 Å². The SMILES string of the molecule is Cc1cc(C)c(S(=O)(=O)NCc2nnc(SCc3ccc(F)cc3)n2-c2cc(Cl)ccc2C)c(C)c1. The highest BCUT2D eigenvalue weighted by Gasteiger charge is 2.23. The molecule has 0 radical (unpaired) electrons. The number of nitrogens with one attached hydrogen (secondary N) is 1. The number of rotatable bonds is 8. The van der Waals surface area contributed by atoms with Gasteiger partial charge in [0.1, 0.15) is 5.82 Å². The molecule has 4 rings (SSSR count). The van der Waals surface area contributed by atoms with Gasteiger partial charge in [-0.2, -0.15) is 0 Å². The number of benzene rings is 3. The van der Waals surface area contributed by atoms with E-state index in [0.29, 0.717) is 32.9 Å². The summed E-state index contributed by atoms with van der Waals surface area (Å²) >= 11 is 7.71. The van der Waals surface area contributed by atoms with Crippen molar-refractivity contribution >= 4 is 33.4 Å². The Kier molecular flexibility index (Phi) is 7.85. The Balaban J connectivity index is 1.67. The van der Waals surface area contributed by atoms with Gasteiger partial charge in [0.2, 0.25) is 10.0 Å². The molecule has 0 amide bonds. The van der Waals surface area contributed by atoms with Crippen molar-refractivity contribution < 1.29 is 12.8 Å². The molecule has 36 heavy (non-hydrogen) atoms. The number of thioether (sulfide) groups is 1. The molecule has 0 unspecified atom stereocenters. The molecule has 3 aromatic carbocycles. The molecular weight excluding hydrogens is 519 g/mol. The molecule has 6 nitrogen and oxygen atoms in total. The molecule has 1 aromatic heterocycles. The van der Waals surface area contributed by atoms with Crippen LogP contribution in [0.4, 0.5) is 4.39 Å². The van der Waals surface area contributed by atoms with E-state index in [9.17, 15) is 12.8 Å². The fraction of sp³-hybridized carbons (Fsp3) is 0.231. The second-order valence-electron chi connectivity index (χ2n) is 8.63. The van der Waals surface area contributed by atoms with Crippen molar-refractivity contribution in [1.29, 1.82) is 0 Å². The van der Waals surface area contributed by atoms with Crippen LogP contribution in [0.5, 0.6) is 0 Å². The smallest absolute Gasteiger partial charge is 0.241 e. The van der Waals surface area contributed by atoms with Gasteiger partial charge >= 0.3 is 0 Å². The van der Waals surface area contributed by atoms with Crippen LogP contribution in [-0.2, 0) is 22.3 Å². The molecular formula is C26H26ClFN4O2S2. The summed E-state index contributed by atoms with van der Waals surface area (Å²) in [7, 11) is -3.80. The van der Waals surface area contributed by atoms with Crippen LogP contribution in [0.3, 0.4) is 0 Å². The predicted octanol–water partition coefficient (Wildman–Crippen LogP) is 6.06. The Morgan fingerprint density at radius 3 is 2.28 bits per heavy atom. The number of hydrogen-bond donors (Lipinski definition) is 1. The van der Waals surface area contributed by atoms with Crippen molar-refractivity contribution in [3.63, 3.8) is 0 Å². The van der Waals surface area contributed by atoms with E-state index in [2.05, 4.69) is 14.9 Å². The van der Waals surface area contributed by atoms with E-state index in [4.69, 9.17) is 11.6 Å². The van der Waals surface area contributed by atoms with Gasteiger partial charge in [0, 0.05) is 10.8 Å². The summed E-state index contributed by atoms with van der Waals surface area (Å²) in [6.07, 6.45) is 0. The van der Waals surface area contributed by atoms with Crippen molar-refractivity contribution in [2.45, 2.75) is 50.0 Å². The first kappa shape index (κ1) is 26.3. The zero-order chi connectivity index (χ0) is 26.0. The minimum atomic E-state index is -3.80. The van der Waals surface area contributed by atoms with Gasteiger partial charge in [-0.1, -0.05) is 59.3 Å². The van der Waals surface area contributed by atoms with Gasteiger partial charge in [-0.05, 0) is 74.2 Å². The van der Waals surface area contributed by atoms with E-state index in [1.54, 1.807) is 38.1 Å². The highest BCUT2D eigenvalue weighted by molar-refractivity contribution is 7.98. The molecule has 0 saturated heterocycles. The number of nitrogens with zero attached hydrogens (tertiary/aromatic N) is 3. The Morgan fingerprint density at radius 1 is 0.944 bits per heavy atom. The zero-order valence-corrected chi connectivity index (χ0v) is 22.7. The highest BCUT2D eigenvalue weighted by atomic mass is 35.5. The van der Waals surface area contributed by atoms with E-state index in [-0.39, 0.29) is 17.3 Å². The van der Waals surface area contributed by atoms with Gasteiger partial charge in [-0.15, -0.1) is 10.2 Å². The average Bonchev–Trinajstić information content (AvgIpc) is 3.20. The van der Waals surface area contributed by atoms with Gasteiger partial charge in [0.15, 0.2) is 11.0 Å². The maximum absolute atomic E-state index is 13.3. The van der Waals surface area contributed by atoms with Gasteiger partial charge in [0.05, 0.1) is 17.1 Å². The zero-order valence-electron chi connectivity index (χ0n) is 20.3. The summed E-state index contributed by atoms with van der Waals surface area (Å²) in [5.41, 5.74) is 4.97. The molecule has 10 heteroatoms. The summed E-state index contributed by atoms with van der Waals surface area (Å²) in [4.78, 5) is 0.268. The molecule has 0 spiro atoms. The summed E-state index contributed by atoms with van der Waals surface area (Å²) < 4.78 is 44.3. The number of aromatic nitrogens is 3. The summed E-state index contributed by atoms with van der Waals surface area (Å²) in [5.74, 6) is 0.661. The van der Waals surface area contributed by atoms with Crippen LogP contribution in [0.2, 0.25) is 5.02 Å². The topological polar surface area (TPSA) is 76.9 Å². The summed E-state index contributed by atoms with van der Waals surface area (Å²) in [5, 5.41) is 9.76. The molecule has 0 saturated carbocycles. The second kappa shape index (κ2) is 10.7. The van der Waals surface area contributed by atoms with E-state index < -0.39 is 10.0 Å². The summed E-state index contributed by atoms with van der Waals surface area (Å²) in [6.45, 7) is 7.39. The molecule has 0 fully saturated rings. The largest absolute Gasteiger partial charge is 0.273 e. The van der Waals surface area contributed by atoms with Gasteiger partial charge in [-0.3, -0.25) is 4.57 Å². The van der Waals surface area contributed by atoms with Gasteiger partial charge in [0.25, 0.3) is 0 Å². The minimum Gasteiger partial charge on any atom is -0.273 e. The lowest BCUT2D eigenvalue weighted by molar-refractivity contribution is 0.577. The number of hydrogen-bond acceptors (Lipinski definition) is 5. The van der Waals surface area contributed by atoms with Crippen molar-refractivity contribution in [3.05, 3.63) is 99.1 Å². The molecule has 1 N–H and O–H groups in total. The Bertz CT molecular complexity index is 1500. The van der Waals surface area contributed by atoms with Crippen molar-refractivity contribution in [3.8, 4) is 5.69 Å². The highest BCUT2D eigenvalue weighted by Crippen LogP contribution is 2.29. The standard InChI is InChI=1S/C26H26ClFN4O2S2/c1-16-11-18(3)25(19(4)12-16)36(33,34)29-14-24-30-31-26(35-15-20-6-9-22(28)10-7-20)32(24)23-13-21(27)8-5-17(23)2/h5-13,29H,14-15H2,1-4H3. The molecule has 0 aliphatic heterocycles. The Hall–Kier alpha value is -2.72. The maximum atomic E-state index is 13.3. The van der Waals surface area contributed by atoms with Gasteiger partial charge < -0.3 is 0 Å². The first-order valence-corrected chi connectivity index (χ1v) is 14.1. The first-order chi connectivity index (χ1) is 17.0. The number of aryl methyl sites for hydroxylation is 4. The normalized spacial score (nSPS) is 11.7. The lowest BCUT2D eigenvalue weighted by atomic mass is 10.1. The van der Waals surface area contributed by atoms with Crippen LogP contribution >= 0.6 is 23.4 Å². The fourth-order valence-electron chi connectivity index (χ4n) is 4.12. The average molecular weight is 545 g/mol. The summed E-state index contributed by atoms with van der Waals surface area (Å²) in [6, 6.07) is 15.4. The van der Waals surface area contributed by atoms with Crippen LogP contribution in [0.1, 0.15) is 33.6 Å². The second-order valence-corrected chi connectivity index (χ2v) is 11.7. The lowest BCUT2D eigenvalue weighted by Gasteiger charge is -2.15. The quantitative estimate of drug-likeness (QED) is 0.273. The molecule has 188 valence electrons. The maximum Gasteiger partial charge on any atom is 0.241 e. The van der Waals surface area contributed by atoms with E-state index in [1.807, 2.05) is 36.6 Å². The van der Waals surface area contributed by atoms with E-state index in [1.165, 1.54) is 23.9 Å². The third-order valence-electron chi connectivity index (χ3n) is 5.69. The van der Waals surface area contributed by atoms with Crippen LogP contribution in [-0.4, -0.2) is 23.2 Å². The molecule has 0 atom stereocenters. The molecule has 0 aliphatic rings. The predicted molar refractivity (Wildman–Crippen MR) is 142 cm³/mol. The molecule has 0 aliphatic carbocycles. The fourth-order valence-corrected chi connectivity index (χ4v) is 6.64. The lowest BCUT2D eigenvalue weighted by Crippen LogP contribution is -2.26. The monoisotopic (exact) mass is 544 g/mol. The van der Waals surface area contributed by atoms with Gasteiger partial charge in [-0.25, -0.2) is 17.5 Å². The third kappa shape index (κ3) is 5.81. The van der Waals surface area contributed by atoms with Crippen molar-refractivity contribution in [2.75, 3.05) is 0 Å². The van der Waals surface area contributed by atoms with Crippen LogP contribution in [0.25, 0.3) is 5.69 Å². The van der Waals surface area contributed by atoms with E-state index >= 15 is 0 Å². The molecule has 4 aromatic rings. The van der Waals surface area contributed by atoms with Crippen LogP contribution in [0.15, 0.2) is 64.6 Å². The molecule has 1 heterocycles.